The molecule has 1 aliphatic rings. The quantitative estimate of drug-likeness (QED) is 0.776. The summed E-state index contributed by atoms with van der Waals surface area (Å²) in [6.07, 6.45) is 4.41. The van der Waals surface area contributed by atoms with Gasteiger partial charge in [0.25, 0.3) is 9.05 Å². The Labute approximate surface area is 99.0 Å². The van der Waals surface area contributed by atoms with Gasteiger partial charge in [-0.3, -0.25) is 4.79 Å². The average Bonchev–Trinajstić information content (AvgIpc) is 2.07. The largest absolute Gasteiger partial charge is 0.481 e. The fourth-order valence-electron chi connectivity index (χ4n) is 1.73. The third kappa shape index (κ3) is 1.78. The Hall–Kier alpha value is -0.810. The van der Waals surface area contributed by atoms with Gasteiger partial charge in [0.2, 0.25) is 0 Å². The molecule has 90 valence electrons. The van der Waals surface area contributed by atoms with Gasteiger partial charge < -0.3 is 5.11 Å². The third-order valence-electron chi connectivity index (χ3n) is 3.23. The van der Waals surface area contributed by atoms with Gasteiger partial charge in [-0.1, -0.05) is 26.0 Å². The lowest BCUT2D eigenvalue weighted by molar-refractivity contribution is -0.149. The first-order valence-electron chi connectivity index (χ1n) is 4.61. The van der Waals surface area contributed by atoms with Crippen molar-refractivity contribution < 1.29 is 18.3 Å². The number of rotatable bonds is 2. The Morgan fingerprint density at radius 2 is 1.88 bits per heavy atom. The molecule has 0 saturated carbocycles. The zero-order chi connectivity index (χ0) is 12.8. The first-order chi connectivity index (χ1) is 7.03. The van der Waals surface area contributed by atoms with Crippen LogP contribution in [-0.2, 0) is 13.8 Å². The van der Waals surface area contributed by atoms with E-state index in [1.165, 1.54) is 19.1 Å². The summed E-state index contributed by atoms with van der Waals surface area (Å²) >= 11 is 0. The van der Waals surface area contributed by atoms with Gasteiger partial charge in [-0.05, 0) is 13.0 Å². The molecule has 1 rings (SSSR count). The smallest absolute Gasteiger partial charge is 0.315 e. The summed E-state index contributed by atoms with van der Waals surface area (Å²) in [6, 6.07) is 0. The normalized spacial score (nSPS) is 28.6. The summed E-state index contributed by atoms with van der Waals surface area (Å²) in [7, 11) is 1.23. The van der Waals surface area contributed by atoms with E-state index in [0.717, 1.165) is 0 Å². The first kappa shape index (κ1) is 13.3. The fourth-order valence-corrected chi connectivity index (χ4v) is 3.43. The van der Waals surface area contributed by atoms with Crippen molar-refractivity contribution in [3.8, 4) is 0 Å². The number of hydrogen-bond donors (Lipinski definition) is 1. The van der Waals surface area contributed by atoms with Gasteiger partial charge in [0, 0.05) is 16.1 Å². The van der Waals surface area contributed by atoms with Crippen LogP contribution in [0.1, 0.15) is 20.8 Å². The summed E-state index contributed by atoms with van der Waals surface area (Å²) in [5, 5.41) is 9.27. The van der Waals surface area contributed by atoms with Gasteiger partial charge in [0.05, 0.1) is 4.91 Å². The molecule has 0 aliphatic heterocycles. The number of carboxylic acids is 1. The lowest BCUT2D eigenvalue weighted by Crippen LogP contribution is -2.45. The second-order valence-corrected chi connectivity index (χ2v) is 7.01. The Morgan fingerprint density at radius 3 is 2.19 bits per heavy atom. The minimum atomic E-state index is -4.05. The van der Waals surface area contributed by atoms with Gasteiger partial charge in [-0.25, -0.2) is 8.42 Å². The number of allylic oxidation sites excluding steroid dienone is 3. The van der Waals surface area contributed by atoms with Gasteiger partial charge >= 0.3 is 5.97 Å². The maximum Gasteiger partial charge on any atom is 0.315 e. The molecule has 1 aliphatic carbocycles. The summed E-state index contributed by atoms with van der Waals surface area (Å²) in [5.41, 5.74) is -2.38. The molecule has 6 heteroatoms. The second kappa shape index (κ2) is 3.60. The second-order valence-electron chi connectivity index (χ2n) is 4.48. The van der Waals surface area contributed by atoms with Crippen molar-refractivity contribution in [1.29, 1.82) is 0 Å². The predicted molar refractivity (Wildman–Crippen MR) is 61.5 cm³/mol. The Kier molecular flexibility index (Phi) is 2.98. The highest BCUT2D eigenvalue weighted by Crippen LogP contribution is 2.50. The van der Waals surface area contributed by atoms with Crippen molar-refractivity contribution in [3.05, 3.63) is 23.1 Å². The van der Waals surface area contributed by atoms with E-state index in [2.05, 4.69) is 0 Å². The zero-order valence-corrected chi connectivity index (χ0v) is 10.8. The molecule has 4 nitrogen and oxygen atoms in total. The van der Waals surface area contributed by atoms with E-state index >= 15 is 0 Å². The predicted octanol–water partition coefficient (Wildman–Crippen LogP) is 2.13. The van der Waals surface area contributed by atoms with Crippen LogP contribution < -0.4 is 0 Å². The van der Waals surface area contributed by atoms with Crippen LogP contribution >= 0.6 is 10.7 Å². The zero-order valence-electron chi connectivity index (χ0n) is 9.19. The Balaban J connectivity index is 3.56. The molecule has 0 aromatic heterocycles. The van der Waals surface area contributed by atoms with E-state index in [9.17, 15) is 18.3 Å². The highest BCUT2D eigenvalue weighted by Gasteiger charge is 2.53. The summed E-state index contributed by atoms with van der Waals surface area (Å²) in [4.78, 5) is 11.1. The van der Waals surface area contributed by atoms with Gasteiger partial charge in [0.15, 0.2) is 0 Å². The number of hydrogen-bond acceptors (Lipinski definition) is 3. The molecule has 1 atom stereocenters. The van der Waals surface area contributed by atoms with E-state index in [0.29, 0.717) is 0 Å². The number of carbonyl (C=O) groups is 1. The van der Waals surface area contributed by atoms with Gasteiger partial charge in [-0.15, -0.1) is 0 Å². The number of aliphatic carboxylic acids is 1. The van der Waals surface area contributed by atoms with Crippen molar-refractivity contribution in [2.24, 2.45) is 10.8 Å². The summed E-state index contributed by atoms with van der Waals surface area (Å²) in [5.74, 6) is -1.21. The maximum absolute atomic E-state index is 11.4. The lowest BCUT2D eigenvalue weighted by Gasteiger charge is -2.41. The maximum atomic E-state index is 11.4. The van der Waals surface area contributed by atoms with Crippen LogP contribution in [0.15, 0.2) is 23.1 Å². The molecule has 0 heterocycles. The van der Waals surface area contributed by atoms with Crippen molar-refractivity contribution in [2.45, 2.75) is 20.8 Å². The van der Waals surface area contributed by atoms with Crippen LogP contribution in [-0.4, -0.2) is 19.5 Å². The van der Waals surface area contributed by atoms with Crippen molar-refractivity contribution in [2.75, 3.05) is 0 Å². The van der Waals surface area contributed by atoms with Crippen LogP contribution in [0.4, 0.5) is 0 Å². The van der Waals surface area contributed by atoms with E-state index < -0.39 is 25.9 Å². The van der Waals surface area contributed by atoms with E-state index in [4.69, 9.17) is 10.7 Å². The monoisotopic (exact) mass is 264 g/mol. The number of carboxylic acid groups (broad SMARTS) is 1. The van der Waals surface area contributed by atoms with Crippen LogP contribution in [0.5, 0.6) is 0 Å². The highest BCUT2D eigenvalue weighted by molar-refractivity contribution is 8.16. The van der Waals surface area contributed by atoms with E-state index in [1.807, 2.05) is 0 Å². The first-order valence-corrected chi connectivity index (χ1v) is 6.92. The Morgan fingerprint density at radius 1 is 1.38 bits per heavy atom. The van der Waals surface area contributed by atoms with Gasteiger partial charge in [0.1, 0.15) is 5.41 Å². The molecule has 0 aromatic rings. The van der Waals surface area contributed by atoms with Crippen LogP contribution in [0, 0.1) is 10.8 Å². The van der Waals surface area contributed by atoms with E-state index in [1.54, 1.807) is 19.9 Å². The summed E-state index contributed by atoms with van der Waals surface area (Å²) < 4.78 is 22.8. The molecule has 0 amide bonds. The molecule has 0 fully saturated rings. The van der Waals surface area contributed by atoms with Crippen LogP contribution in [0.25, 0.3) is 0 Å². The van der Waals surface area contributed by atoms with Crippen molar-refractivity contribution in [1.82, 2.24) is 0 Å². The highest BCUT2D eigenvalue weighted by atomic mass is 35.7. The summed E-state index contributed by atoms with van der Waals surface area (Å²) in [6.45, 7) is 4.68. The topological polar surface area (TPSA) is 71.4 Å². The number of halogens is 1. The van der Waals surface area contributed by atoms with Crippen LogP contribution in [0.2, 0.25) is 0 Å². The molecule has 0 spiro atoms. The lowest BCUT2D eigenvalue weighted by atomic mass is 9.64. The van der Waals surface area contributed by atoms with E-state index in [-0.39, 0.29) is 4.91 Å². The molecule has 1 unspecified atom stereocenters. The molecule has 0 saturated heterocycles. The van der Waals surface area contributed by atoms with Crippen molar-refractivity contribution >= 4 is 25.7 Å². The standard InChI is InChI=1S/C10H13ClO4S/c1-9(2)6-4-5-7(16(11,14)15)10(9,3)8(12)13/h4-6H,1-3H3,(H,12,13). The van der Waals surface area contributed by atoms with Crippen molar-refractivity contribution in [3.63, 3.8) is 0 Å². The van der Waals surface area contributed by atoms with Gasteiger partial charge in [-0.2, -0.15) is 0 Å². The minimum Gasteiger partial charge on any atom is -0.481 e. The fraction of sp³-hybridized carbons (Fsp3) is 0.500. The molecule has 16 heavy (non-hydrogen) atoms. The molecule has 0 radical (unpaired) electrons. The molecule has 1 N–H and O–H groups in total. The van der Waals surface area contributed by atoms with Crippen LogP contribution in [0.3, 0.4) is 0 Å². The minimum absolute atomic E-state index is 0.276. The molecule has 0 bridgehead atoms. The molecular formula is C10H13ClO4S. The SMILES string of the molecule is CC1(C)C=CC=C(S(=O)(=O)Cl)C1(C)C(=O)O. The average molecular weight is 265 g/mol. The molecule has 0 aromatic carbocycles. The molecular weight excluding hydrogens is 252 g/mol. The third-order valence-corrected chi connectivity index (χ3v) is 4.80. The Bertz CT molecular complexity index is 487.